The normalized spacial score (nSPS) is 13.3. The quantitative estimate of drug-likeness (QED) is 0.112. The number of ether oxygens (including phenoxy) is 1. The van der Waals surface area contributed by atoms with Gasteiger partial charge in [0, 0.05) is 44.3 Å². The van der Waals surface area contributed by atoms with Crippen LogP contribution in [-0.4, -0.2) is 14.1 Å². The first-order chi connectivity index (χ1) is 37.8. The third kappa shape index (κ3) is 9.99. The van der Waals surface area contributed by atoms with E-state index in [1.54, 1.807) is 0 Å². The Hall–Kier alpha value is -7.33. The van der Waals surface area contributed by atoms with Crippen molar-refractivity contribution in [3.8, 4) is 62.1 Å². The molecule has 0 amide bonds. The minimum Gasteiger partial charge on any atom is -0.510 e. The molecule has 3 heterocycles. The molecule has 0 unspecified atom stereocenters. The van der Waals surface area contributed by atoms with Gasteiger partial charge >= 0.3 is 0 Å². The third-order valence-corrected chi connectivity index (χ3v) is 14.3. The van der Waals surface area contributed by atoms with Crippen molar-refractivity contribution in [2.45, 2.75) is 105 Å². The first-order valence-electron chi connectivity index (χ1n) is 28.4. The molecule has 0 aliphatic heterocycles. The number of imidazole rings is 1. The number of nitrogens with zero attached hydrogens (tertiary/aromatic N) is 4. The van der Waals surface area contributed by atoms with E-state index in [1.807, 2.05) is 47.2 Å². The molecular formula is C70H66N4OPt-2. The van der Waals surface area contributed by atoms with Crippen molar-refractivity contribution in [3.63, 3.8) is 0 Å². The maximum absolute atomic E-state index is 9.16. The number of rotatable bonds is 8. The zero-order chi connectivity index (χ0) is 57.0. The number of hydrogen-bond acceptors (Lipinski definition) is 2. The molecule has 11 rings (SSSR count). The first-order valence-corrected chi connectivity index (χ1v) is 25.9. The van der Waals surface area contributed by atoms with Crippen LogP contribution in [0.4, 0.5) is 0 Å². The Morgan fingerprint density at radius 2 is 1.20 bits per heavy atom. The van der Waals surface area contributed by atoms with E-state index in [0.717, 1.165) is 77.7 Å². The first kappa shape index (κ1) is 46.0. The molecule has 0 saturated heterocycles. The van der Waals surface area contributed by atoms with Crippen molar-refractivity contribution in [2.24, 2.45) is 0 Å². The van der Waals surface area contributed by atoms with Gasteiger partial charge < -0.3 is 13.9 Å². The van der Waals surface area contributed by atoms with E-state index in [2.05, 4.69) is 220 Å². The zero-order valence-corrected chi connectivity index (χ0v) is 47.7. The summed E-state index contributed by atoms with van der Waals surface area (Å²) in [6.45, 7) is 26.3. The molecule has 0 spiro atoms. The Bertz CT molecular complexity index is 4230. The molecule has 0 fully saturated rings. The topological polar surface area (TPSA) is 35.9 Å². The summed E-state index contributed by atoms with van der Waals surface area (Å²) in [5, 5.41) is 2.13. The van der Waals surface area contributed by atoms with Crippen molar-refractivity contribution >= 4 is 32.8 Å². The molecule has 0 aliphatic carbocycles. The van der Waals surface area contributed by atoms with Gasteiger partial charge in [-0.3, -0.25) is 4.57 Å². The molecule has 384 valence electrons. The summed E-state index contributed by atoms with van der Waals surface area (Å²) in [7, 11) is 0. The van der Waals surface area contributed by atoms with E-state index in [4.69, 9.17) is 16.6 Å². The molecule has 0 saturated carbocycles. The Balaban J connectivity index is 0.00000736. The van der Waals surface area contributed by atoms with E-state index in [9.17, 15) is 0 Å². The molecule has 0 atom stereocenters. The summed E-state index contributed by atoms with van der Waals surface area (Å²) < 4.78 is 57.3. The van der Waals surface area contributed by atoms with Crippen LogP contribution in [0.5, 0.6) is 11.5 Å². The minimum absolute atomic E-state index is 0. The molecule has 0 aliphatic rings. The predicted molar refractivity (Wildman–Crippen MR) is 311 cm³/mol. The number of fused-ring (bicyclic) bond motifs is 4. The van der Waals surface area contributed by atoms with E-state index < -0.39 is 11.5 Å². The van der Waals surface area contributed by atoms with Gasteiger partial charge in [0.1, 0.15) is 5.82 Å². The Kier molecular flexibility index (Phi) is 11.9. The number of hydrogen-bond donors (Lipinski definition) is 0. The van der Waals surface area contributed by atoms with Gasteiger partial charge in [0.05, 0.1) is 23.6 Å². The number of pyridine rings is 1. The third-order valence-electron chi connectivity index (χ3n) is 14.3. The van der Waals surface area contributed by atoms with Crippen LogP contribution in [-0.2, 0) is 42.7 Å². The summed E-state index contributed by atoms with van der Waals surface area (Å²) in [5.74, 6) is 1.82. The molecule has 0 radical (unpaired) electrons. The summed E-state index contributed by atoms with van der Waals surface area (Å²) in [5.41, 5.74) is 13.3. The van der Waals surface area contributed by atoms with Crippen LogP contribution >= 0.6 is 0 Å². The van der Waals surface area contributed by atoms with Gasteiger partial charge in [-0.05, 0) is 119 Å². The van der Waals surface area contributed by atoms with Gasteiger partial charge in [0.15, 0.2) is 0 Å². The minimum atomic E-state index is -0.534. The van der Waals surface area contributed by atoms with Crippen molar-refractivity contribution in [1.82, 2.24) is 14.1 Å². The molecule has 8 aromatic carbocycles. The largest absolute Gasteiger partial charge is 0.510 e. The van der Waals surface area contributed by atoms with Crippen LogP contribution in [0.1, 0.15) is 112 Å². The van der Waals surface area contributed by atoms with Crippen LogP contribution in [0.15, 0.2) is 182 Å². The van der Waals surface area contributed by atoms with Gasteiger partial charge in [0.2, 0.25) is 0 Å². The second-order valence-corrected chi connectivity index (χ2v) is 23.9. The van der Waals surface area contributed by atoms with Crippen molar-refractivity contribution in [2.75, 3.05) is 0 Å². The van der Waals surface area contributed by atoms with E-state index >= 15 is 0 Å². The zero-order valence-electron chi connectivity index (χ0n) is 50.4. The van der Waals surface area contributed by atoms with E-state index in [0.29, 0.717) is 22.7 Å². The molecule has 0 bridgehead atoms. The molecule has 3 aromatic heterocycles. The second-order valence-electron chi connectivity index (χ2n) is 23.9. The maximum atomic E-state index is 9.16. The molecule has 6 heteroatoms. The summed E-state index contributed by atoms with van der Waals surface area (Å²) >= 11 is 0. The summed E-state index contributed by atoms with van der Waals surface area (Å²) in [4.78, 5) is 4.88. The average Bonchev–Trinajstić information content (AvgIpc) is 4.19. The van der Waals surface area contributed by atoms with Gasteiger partial charge in [-0.25, -0.2) is 4.98 Å². The number of benzene rings is 8. The van der Waals surface area contributed by atoms with Gasteiger partial charge in [-0.1, -0.05) is 204 Å². The number of para-hydroxylation sites is 1. The van der Waals surface area contributed by atoms with E-state index in [1.165, 1.54) is 11.1 Å². The molecule has 76 heavy (non-hydrogen) atoms. The summed E-state index contributed by atoms with van der Waals surface area (Å²) in [6, 6.07) is 55.9. The number of aromatic nitrogens is 4. The average molecular weight is 1180 g/mol. The SMILES string of the molecule is [2H]c1c([2H])c([2H])c(-c2cc(-c3cccc(C(C)(C)C)c3)c(-[n+]3[c-]n(-c4[c-]c(Oc5[c-]c6c(cc5)c5ccccc5n6-c5cc(C(C)(C)C)ccn5)ccc4)c4cc(-c5ccc(C(C)(C)C)cc5)ccc43)c(C(C)(C)C)c2)c([2H])c1[2H].[Pt]. The molecular weight excluding hydrogens is 1110 g/mol. The Morgan fingerprint density at radius 1 is 0.513 bits per heavy atom. The Morgan fingerprint density at radius 3 is 1.92 bits per heavy atom. The fourth-order valence-corrected chi connectivity index (χ4v) is 10.1. The molecule has 11 aromatic rings. The maximum Gasteiger partial charge on any atom is 0.268 e. The van der Waals surface area contributed by atoms with Crippen LogP contribution in [0.2, 0.25) is 0 Å². The van der Waals surface area contributed by atoms with Crippen LogP contribution in [0.25, 0.3) is 83.4 Å². The second kappa shape index (κ2) is 19.7. The predicted octanol–water partition coefficient (Wildman–Crippen LogP) is 17.8. The fraction of sp³-hybridized carbons (Fsp3) is 0.229. The van der Waals surface area contributed by atoms with Crippen molar-refractivity contribution < 1.29 is 37.2 Å². The van der Waals surface area contributed by atoms with Crippen molar-refractivity contribution in [1.29, 1.82) is 0 Å². The van der Waals surface area contributed by atoms with Gasteiger partial charge in [0.25, 0.3) is 6.33 Å². The van der Waals surface area contributed by atoms with Crippen LogP contribution in [0.3, 0.4) is 0 Å². The molecule has 0 N–H and O–H groups in total. The van der Waals surface area contributed by atoms with Gasteiger partial charge in [-0.15, -0.1) is 29.7 Å². The van der Waals surface area contributed by atoms with E-state index in [-0.39, 0.29) is 67.0 Å². The summed E-state index contributed by atoms with van der Waals surface area (Å²) in [6.07, 6.45) is 5.72. The molecule has 5 nitrogen and oxygen atoms in total. The van der Waals surface area contributed by atoms with Gasteiger partial charge in [-0.2, -0.15) is 18.2 Å². The van der Waals surface area contributed by atoms with Crippen molar-refractivity contribution in [3.05, 3.63) is 223 Å². The van der Waals surface area contributed by atoms with Crippen LogP contribution in [0, 0.1) is 18.5 Å². The monoisotopic (exact) mass is 1180 g/mol. The Labute approximate surface area is 471 Å². The van der Waals surface area contributed by atoms with Crippen LogP contribution < -0.4 is 9.30 Å². The fourth-order valence-electron chi connectivity index (χ4n) is 10.1. The standard InChI is InChI=1S/C70H66N4O.Pt/c1-67(2,3)51-31-28-47(29-32-51)48-30-35-62-64(41-48)72(45-73(62)66-59(49-22-18-23-52(38-49)68(4,5)6)39-50(40-60(66)70(10,11)12)46-20-14-13-15-21-46)54-24-19-25-55(43-54)75-56-33-34-58-57-26-16-17-27-61(57)74(63(58)44-56)65-42-53(36-37-71-65)69(7,8)9;/h13-42H,1-12H3;/q-2;/i13D,14D,15D,20D,21D;. The smallest absolute Gasteiger partial charge is 0.268 e.